The second kappa shape index (κ2) is 6.18. The lowest BCUT2D eigenvalue weighted by atomic mass is 10.3. The number of hydrogen-bond donors (Lipinski definition) is 1. The summed E-state index contributed by atoms with van der Waals surface area (Å²) in [5.41, 5.74) is 0.989. The van der Waals surface area contributed by atoms with Crippen LogP contribution in [-0.2, 0) is 0 Å². The number of nitrogens with one attached hydrogen (secondary N) is 1. The smallest absolute Gasteiger partial charge is 0.162 e. The first-order valence-electron chi connectivity index (χ1n) is 6.06. The Morgan fingerprint density at radius 2 is 1.79 bits per heavy atom. The first kappa shape index (κ1) is 13.3. The Bertz CT molecular complexity index is 531. The van der Waals surface area contributed by atoms with Crippen LogP contribution in [0, 0.1) is 11.6 Å². The van der Waals surface area contributed by atoms with Crippen LogP contribution >= 0.6 is 0 Å². The molecule has 1 unspecified atom stereocenters. The van der Waals surface area contributed by atoms with Crippen LogP contribution in [0.2, 0.25) is 0 Å². The monoisotopic (exact) mass is 263 g/mol. The van der Waals surface area contributed by atoms with Crippen LogP contribution in [0.5, 0.6) is 5.75 Å². The Morgan fingerprint density at radius 1 is 1.05 bits per heavy atom. The van der Waals surface area contributed by atoms with Gasteiger partial charge in [0.05, 0.1) is 6.54 Å². The van der Waals surface area contributed by atoms with Crippen molar-refractivity contribution < 1.29 is 13.5 Å². The van der Waals surface area contributed by atoms with Gasteiger partial charge in [0.15, 0.2) is 11.6 Å². The van der Waals surface area contributed by atoms with E-state index in [1.807, 2.05) is 37.3 Å². The van der Waals surface area contributed by atoms with E-state index in [1.165, 1.54) is 6.07 Å². The molecule has 4 heteroatoms. The largest absolute Gasteiger partial charge is 0.489 e. The van der Waals surface area contributed by atoms with E-state index in [4.69, 9.17) is 4.74 Å². The molecular weight excluding hydrogens is 248 g/mol. The van der Waals surface area contributed by atoms with Crippen molar-refractivity contribution in [2.45, 2.75) is 13.0 Å². The molecule has 0 radical (unpaired) electrons. The maximum Gasteiger partial charge on any atom is 0.162 e. The van der Waals surface area contributed by atoms with Crippen LogP contribution < -0.4 is 10.1 Å². The molecule has 2 nitrogen and oxygen atoms in total. The summed E-state index contributed by atoms with van der Waals surface area (Å²) < 4.78 is 31.3. The minimum absolute atomic E-state index is 0.162. The minimum atomic E-state index is -0.902. The summed E-state index contributed by atoms with van der Waals surface area (Å²) in [6.45, 7) is 2.43. The van der Waals surface area contributed by atoms with Gasteiger partial charge in [0.25, 0.3) is 0 Å². The average molecular weight is 263 g/mol. The van der Waals surface area contributed by atoms with Crippen molar-refractivity contribution in [2.24, 2.45) is 0 Å². The number of anilines is 1. The minimum Gasteiger partial charge on any atom is -0.489 e. The highest BCUT2D eigenvalue weighted by molar-refractivity contribution is 5.42. The molecule has 0 spiro atoms. The van der Waals surface area contributed by atoms with Gasteiger partial charge in [0.2, 0.25) is 0 Å². The van der Waals surface area contributed by atoms with Gasteiger partial charge in [0.1, 0.15) is 11.9 Å². The summed E-state index contributed by atoms with van der Waals surface area (Å²) in [5.74, 6) is -1.45. The molecule has 0 aliphatic rings. The number of benzene rings is 2. The van der Waals surface area contributed by atoms with Gasteiger partial charge < -0.3 is 10.1 Å². The Kier molecular flexibility index (Phi) is 4.34. The predicted molar refractivity (Wildman–Crippen MR) is 71.4 cm³/mol. The highest BCUT2D eigenvalue weighted by Gasteiger charge is 2.07. The molecule has 1 atom stereocenters. The third kappa shape index (κ3) is 3.95. The molecule has 0 saturated heterocycles. The van der Waals surface area contributed by atoms with Gasteiger partial charge in [-0.3, -0.25) is 0 Å². The number of ether oxygens (including phenoxy) is 1. The summed E-state index contributed by atoms with van der Waals surface area (Å²) >= 11 is 0. The van der Waals surface area contributed by atoms with Crippen LogP contribution in [0.4, 0.5) is 14.5 Å². The number of halogens is 2. The third-order valence-corrected chi connectivity index (χ3v) is 2.60. The summed E-state index contributed by atoms with van der Waals surface area (Å²) in [7, 11) is 0. The fourth-order valence-electron chi connectivity index (χ4n) is 1.64. The van der Waals surface area contributed by atoms with Gasteiger partial charge in [-0.1, -0.05) is 18.2 Å². The van der Waals surface area contributed by atoms with Crippen LogP contribution in [0.1, 0.15) is 6.92 Å². The van der Waals surface area contributed by atoms with Crippen molar-refractivity contribution in [1.82, 2.24) is 0 Å². The van der Waals surface area contributed by atoms with E-state index in [2.05, 4.69) is 5.32 Å². The summed E-state index contributed by atoms with van der Waals surface area (Å²) in [5, 5.41) is 3.20. The Hall–Kier alpha value is -2.10. The fraction of sp³-hybridized carbons (Fsp3) is 0.200. The second-order valence-electron chi connectivity index (χ2n) is 4.25. The molecule has 0 aliphatic carbocycles. The van der Waals surface area contributed by atoms with Gasteiger partial charge >= 0.3 is 0 Å². The molecule has 2 aromatic rings. The highest BCUT2D eigenvalue weighted by atomic mass is 19.2. The van der Waals surface area contributed by atoms with E-state index in [1.54, 1.807) is 0 Å². The van der Waals surface area contributed by atoms with Crippen LogP contribution in [0.3, 0.4) is 0 Å². The predicted octanol–water partition coefficient (Wildman–Crippen LogP) is 3.84. The summed E-state index contributed by atoms with van der Waals surface area (Å²) in [6, 6.07) is 13.2. The van der Waals surface area contributed by atoms with Gasteiger partial charge in [-0.05, 0) is 31.2 Å². The van der Waals surface area contributed by atoms with Crippen molar-refractivity contribution in [3.8, 4) is 5.75 Å². The molecule has 0 heterocycles. The lowest BCUT2D eigenvalue weighted by Crippen LogP contribution is -2.22. The molecule has 2 aromatic carbocycles. The fourth-order valence-corrected chi connectivity index (χ4v) is 1.64. The van der Waals surface area contributed by atoms with E-state index < -0.39 is 11.6 Å². The van der Waals surface area contributed by atoms with Gasteiger partial charge in [-0.15, -0.1) is 0 Å². The molecule has 19 heavy (non-hydrogen) atoms. The molecule has 100 valence electrons. The highest BCUT2D eigenvalue weighted by Crippen LogP contribution is 2.17. The Labute approximate surface area is 111 Å². The van der Waals surface area contributed by atoms with E-state index in [9.17, 15) is 8.78 Å². The standard InChI is InChI=1S/C15H15F2NO/c1-11(10-18-12-5-3-2-4-6-12)19-13-7-8-14(16)15(17)9-13/h2-9,11,18H,10H2,1H3. The van der Waals surface area contributed by atoms with Crippen LogP contribution in [0.25, 0.3) is 0 Å². The van der Waals surface area contributed by atoms with E-state index in [0.717, 1.165) is 17.8 Å². The maximum absolute atomic E-state index is 13.0. The molecule has 2 rings (SSSR count). The zero-order valence-corrected chi connectivity index (χ0v) is 10.6. The van der Waals surface area contributed by atoms with E-state index in [-0.39, 0.29) is 6.10 Å². The normalized spacial score (nSPS) is 11.9. The molecule has 0 aliphatic heterocycles. The first-order valence-corrected chi connectivity index (χ1v) is 6.06. The second-order valence-corrected chi connectivity index (χ2v) is 4.25. The van der Waals surface area contributed by atoms with E-state index >= 15 is 0 Å². The van der Waals surface area contributed by atoms with Crippen molar-refractivity contribution in [3.05, 3.63) is 60.2 Å². The summed E-state index contributed by atoms with van der Waals surface area (Å²) in [4.78, 5) is 0. The third-order valence-electron chi connectivity index (χ3n) is 2.60. The van der Waals surface area contributed by atoms with Crippen molar-refractivity contribution in [2.75, 3.05) is 11.9 Å². The maximum atomic E-state index is 13.0. The first-order chi connectivity index (χ1) is 9.15. The van der Waals surface area contributed by atoms with Gasteiger partial charge in [0, 0.05) is 11.8 Å². The van der Waals surface area contributed by atoms with Crippen LogP contribution in [0.15, 0.2) is 48.5 Å². The zero-order valence-electron chi connectivity index (χ0n) is 10.6. The van der Waals surface area contributed by atoms with Crippen LogP contribution in [-0.4, -0.2) is 12.6 Å². The molecule has 0 saturated carbocycles. The molecule has 0 amide bonds. The number of rotatable bonds is 5. The van der Waals surface area contributed by atoms with Crippen molar-refractivity contribution in [1.29, 1.82) is 0 Å². The number of para-hydroxylation sites is 1. The molecule has 0 bridgehead atoms. The number of hydrogen-bond acceptors (Lipinski definition) is 2. The van der Waals surface area contributed by atoms with Crippen molar-refractivity contribution >= 4 is 5.69 Å². The molecule has 0 aromatic heterocycles. The quantitative estimate of drug-likeness (QED) is 0.884. The SMILES string of the molecule is CC(CNc1ccccc1)Oc1ccc(F)c(F)c1. The van der Waals surface area contributed by atoms with E-state index in [0.29, 0.717) is 12.3 Å². The Balaban J connectivity index is 1.87. The zero-order chi connectivity index (χ0) is 13.7. The lowest BCUT2D eigenvalue weighted by molar-refractivity contribution is 0.233. The molecule has 1 N–H and O–H groups in total. The molecular formula is C15H15F2NO. The van der Waals surface area contributed by atoms with Gasteiger partial charge in [-0.2, -0.15) is 0 Å². The lowest BCUT2D eigenvalue weighted by Gasteiger charge is -2.16. The molecule has 0 fully saturated rings. The van der Waals surface area contributed by atoms with Gasteiger partial charge in [-0.25, -0.2) is 8.78 Å². The Morgan fingerprint density at radius 3 is 2.47 bits per heavy atom. The summed E-state index contributed by atoms with van der Waals surface area (Å²) in [6.07, 6.45) is -0.162. The average Bonchev–Trinajstić information content (AvgIpc) is 2.42. The topological polar surface area (TPSA) is 21.3 Å². The van der Waals surface area contributed by atoms with Crippen molar-refractivity contribution in [3.63, 3.8) is 0 Å².